The number of aromatic nitrogens is 2. The summed E-state index contributed by atoms with van der Waals surface area (Å²) in [6, 6.07) is 7.26. The minimum absolute atomic E-state index is 0.145. The molecule has 112 valence electrons. The molecule has 7 heteroatoms. The van der Waals surface area contributed by atoms with E-state index in [1.54, 1.807) is 17.6 Å². The molecule has 0 radical (unpaired) electrons. The second kappa shape index (κ2) is 6.40. The minimum Gasteiger partial charge on any atom is -0.351 e. The van der Waals surface area contributed by atoms with E-state index in [1.807, 2.05) is 23.6 Å². The van der Waals surface area contributed by atoms with Crippen molar-refractivity contribution in [1.29, 1.82) is 0 Å². The highest BCUT2D eigenvalue weighted by Gasteiger charge is 2.07. The first kappa shape index (κ1) is 14.3. The summed E-state index contributed by atoms with van der Waals surface area (Å²) in [6.07, 6.45) is 1.92. The summed E-state index contributed by atoms with van der Waals surface area (Å²) >= 11 is 1.46. The van der Waals surface area contributed by atoms with Crippen molar-refractivity contribution in [1.82, 2.24) is 15.5 Å². The summed E-state index contributed by atoms with van der Waals surface area (Å²) in [6.45, 7) is 0.300. The summed E-state index contributed by atoms with van der Waals surface area (Å²) in [4.78, 5) is 23.6. The number of nitrogens with zero attached hydrogens (tertiary/aromatic N) is 1. The lowest BCUT2D eigenvalue weighted by Gasteiger charge is -2.06. The minimum atomic E-state index is -0.158. The fourth-order valence-corrected chi connectivity index (χ4v) is 2.67. The highest BCUT2D eigenvalue weighted by Crippen LogP contribution is 2.16. The van der Waals surface area contributed by atoms with Crippen LogP contribution in [0.1, 0.15) is 16.8 Å². The summed E-state index contributed by atoms with van der Waals surface area (Å²) in [5, 5.41) is 16.9. The molecule has 2 heterocycles. The van der Waals surface area contributed by atoms with Gasteiger partial charge in [0, 0.05) is 35.0 Å². The zero-order valence-corrected chi connectivity index (χ0v) is 12.4. The largest absolute Gasteiger partial charge is 0.351 e. The van der Waals surface area contributed by atoms with Crippen molar-refractivity contribution in [3.63, 3.8) is 0 Å². The number of hydrogen-bond acceptors (Lipinski definition) is 4. The van der Waals surface area contributed by atoms with Crippen LogP contribution in [0.4, 0.5) is 5.69 Å². The fourth-order valence-electron chi connectivity index (χ4n) is 2.03. The molecule has 0 aliphatic carbocycles. The molecule has 0 spiro atoms. The molecule has 22 heavy (non-hydrogen) atoms. The number of fused-ring (bicyclic) bond motifs is 1. The van der Waals surface area contributed by atoms with Gasteiger partial charge in [0.15, 0.2) is 0 Å². The predicted molar refractivity (Wildman–Crippen MR) is 86.0 cm³/mol. The molecule has 2 amide bonds. The van der Waals surface area contributed by atoms with E-state index >= 15 is 0 Å². The molecular formula is C15H14N4O2S. The molecule has 3 rings (SSSR count). The van der Waals surface area contributed by atoms with Gasteiger partial charge >= 0.3 is 0 Å². The Morgan fingerprint density at radius 3 is 3.00 bits per heavy atom. The lowest BCUT2D eigenvalue weighted by atomic mass is 10.2. The molecule has 0 saturated heterocycles. The lowest BCUT2D eigenvalue weighted by molar-refractivity contribution is -0.116. The van der Waals surface area contributed by atoms with Crippen molar-refractivity contribution in [2.75, 3.05) is 11.9 Å². The molecule has 3 aromatic rings. The smallest absolute Gasteiger partial charge is 0.252 e. The quantitative estimate of drug-likeness (QED) is 0.676. The Kier molecular flexibility index (Phi) is 4.15. The van der Waals surface area contributed by atoms with Gasteiger partial charge in [-0.1, -0.05) is 0 Å². The third-order valence-electron chi connectivity index (χ3n) is 3.14. The predicted octanol–water partition coefficient (Wildman–Crippen LogP) is 2.38. The molecule has 1 aromatic carbocycles. The normalized spacial score (nSPS) is 10.5. The summed E-state index contributed by atoms with van der Waals surface area (Å²) < 4.78 is 0. The van der Waals surface area contributed by atoms with Crippen LogP contribution >= 0.6 is 11.3 Å². The molecule has 6 nitrogen and oxygen atoms in total. The first-order valence-corrected chi connectivity index (χ1v) is 7.70. The van der Waals surface area contributed by atoms with Gasteiger partial charge < -0.3 is 10.6 Å². The van der Waals surface area contributed by atoms with Gasteiger partial charge in [0.2, 0.25) is 5.91 Å². The standard InChI is InChI=1S/C15H14N4O2S/c20-14(3-5-16-15(21)10-4-6-22-9-10)18-12-1-2-13-11(7-12)8-17-19-13/h1-2,4,6-9H,3,5H2,(H,16,21)(H,17,19)(H,18,20). The molecule has 2 aromatic heterocycles. The van der Waals surface area contributed by atoms with Crippen molar-refractivity contribution >= 4 is 39.7 Å². The number of carbonyl (C=O) groups is 2. The molecule has 0 unspecified atom stereocenters. The first-order chi connectivity index (χ1) is 10.7. The lowest BCUT2D eigenvalue weighted by Crippen LogP contribution is -2.27. The number of carbonyl (C=O) groups excluding carboxylic acids is 2. The topological polar surface area (TPSA) is 86.9 Å². The van der Waals surface area contributed by atoms with Crippen LogP contribution in [0.2, 0.25) is 0 Å². The summed E-state index contributed by atoms with van der Waals surface area (Å²) in [5.41, 5.74) is 2.25. The summed E-state index contributed by atoms with van der Waals surface area (Å²) in [5.74, 6) is -0.303. The van der Waals surface area contributed by atoms with Gasteiger partial charge in [0.1, 0.15) is 0 Å². The van der Waals surface area contributed by atoms with Crippen LogP contribution in [-0.2, 0) is 4.79 Å². The molecular weight excluding hydrogens is 300 g/mol. The number of anilines is 1. The van der Waals surface area contributed by atoms with Crippen molar-refractivity contribution < 1.29 is 9.59 Å². The molecule has 0 aliphatic heterocycles. The Labute approximate surface area is 130 Å². The van der Waals surface area contributed by atoms with Crippen LogP contribution in [-0.4, -0.2) is 28.6 Å². The van der Waals surface area contributed by atoms with E-state index in [2.05, 4.69) is 20.8 Å². The second-order valence-corrected chi connectivity index (χ2v) is 5.52. The van der Waals surface area contributed by atoms with Gasteiger partial charge in [0.05, 0.1) is 11.7 Å². The molecule has 0 saturated carbocycles. The number of aromatic amines is 1. The highest BCUT2D eigenvalue weighted by atomic mass is 32.1. The number of nitrogens with one attached hydrogen (secondary N) is 3. The highest BCUT2D eigenvalue weighted by molar-refractivity contribution is 7.08. The fraction of sp³-hybridized carbons (Fsp3) is 0.133. The molecule has 3 N–H and O–H groups in total. The number of H-pyrrole nitrogens is 1. The average Bonchev–Trinajstić information content (AvgIpc) is 3.18. The van der Waals surface area contributed by atoms with Crippen LogP contribution in [0.25, 0.3) is 10.9 Å². The Bertz CT molecular complexity index is 795. The van der Waals surface area contributed by atoms with Gasteiger partial charge in [0.25, 0.3) is 5.91 Å². The maximum absolute atomic E-state index is 11.9. The van der Waals surface area contributed by atoms with Crippen molar-refractivity contribution in [2.45, 2.75) is 6.42 Å². The second-order valence-electron chi connectivity index (χ2n) is 4.74. The van der Waals surface area contributed by atoms with Gasteiger partial charge in [-0.05, 0) is 29.6 Å². The zero-order chi connectivity index (χ0) is 15.4. The van der Waals surface area contributed by atoms with Gasteiger partial charge in [-0.3, -0.25) is 14.7 Å². The van der Waals surface area contributed by atoms with Gasteiger partial charge in [-0.2, -0.15) is 16.4 Å². The van der Waals surface area contributed by atoms with E-state index < -0.39 is 0 Å². The summed E-state index contributed by atoms with van der Waals surface area (Å²) in [7, 11) is 0. The Morgan fingerprint density at radius 2 is 2.18 bits per heavy atom. The molecule has 0 fully saturated rings. The van der Waals surface area contributed by atoms with E-state index in [0.717, 1.165) is 10.9 Å². The van der Waals surface area contributed by atoms with Crippen molar-refractivity contribution in [2.24, 2.45) is 0 Å². The first-order valence-electron chi connectivity index (χ1n) is 6.76. The van der Waals surface area contributed by atoms with Crippen LogP contribution in [0, 0.1) is 0 Å². The van der Waals surface area contributed by atoms with Gasteiger partial charge in [-0.15, -0.1) is 0 Å². The third kappa shape index (κ3) is 3.32. The van der Waals surface area contributed by atoms with Crippen LogP contribution in [0.5, 0.6) is 0 Å². The van der Waals surface area contributed by atoms with Crippen molar-refractivity contribution in [3.05, 3.63) is 46.8 Å². The number of amides is 2. The van der Waals surface area contributed by atoms with Crippen LogP contribution in [0.15, 0.2) is 41.2 Å². The van der Waals surface area contributed by atoms with E-state index in [-0.39, 0.29) is 18.2 Å². The maximum atomic E-state index is 11.9. The maximum Gasteiger partial charge on any atom is 0.252 e. The van der Waals surface area contributed by atoms with Crippen LogP contribution in [0.3, 0.4) is 0 Å². The molecule has 0 bridgehead atoms. The monoisotopic (exact) mass is 314 g/mol. The zero-order valence-electron chi connectivity index (χ0n) is 11.6. The molecule has 0 aliphatic rings. The average molecular weight is 314 g/mol. The third-order valence-corrected chi connectivity index (χ3v) is 3.83. The number of rotatable bonds is 5. The van der Waals surface area contributed by atoms with Gasteiger partial charge in [-0.25, -0.2) is 0 Å². The van der Waals surface area contributed by atoms with Crippen LogP contribution < -0.4 is 10.6 Å². The Morgan fingerprint density at radius 1 is 1.27 bits per heavy atom. The van der Waals surface area contributed by atoms with E-state index in [4.69, 9.17) is 0 Å². The Balaban J connectivity index is 1.49. The Hall–Kier alpha value is -2.67. The number of thiophene rings is 1. The number of hydrogen-bond donors (Lipinski definition) is 3. The number of benzene rings is 1. The van der Waals surface area contributed by atoms with Crippen molar-refractivity contribution in [3.8, 4) is 0 Å². The SMILES string of the molecule is O=C(CCNC(=O)c1ccsc1)Nc1ccc2[nH]ncc2c1. The van der Waals surface area contributed by atoms with E-state index in [1.165, 1.54) is 11.3 Å². The van der Waals surface area contributed by atoms with E-state index in [9.17, 15) is 9.59 Å². The van der Waals surface area contributed by atoms with E-state index in [0.29, 0.717) is 17.8 Å². The molecule has 0 atom stereocenters.